The van der Waals surface area contributed by atoms with Crippen molar-refractivity contribution >= 4 is 5.91 Å². The summed E-state index contributed by atoms with van der Waals surface area (Å²) in [6, 6.07) is 37.5. The average Bonchev–Trinajstić information content (AvgIpc) is 3.49. The molecule has 4 N–H and O–H groups in total. The van der Waals surface area contributed by atoms with Crippen LogP contribution in [0.2, 0.25) is 0 Å². The van der Waals surface area contributed by atoms with Gasteiger partial charge in [0.05, 0.1) is 18.7 Å². The number of rotatable bonds is 9. The Morgan fingerprint density at radius 1 is 0.750 bits per heavy atom. The number of amides is 1. The standard InChI is InChI=1S/C25H29N3O.C17H20N2/c26-17-21-9-6-16-28(21)25(29)18-27-15-5-12-24-22-10-3-1-7-19(22)13-14-20-8-2-4-11-23(20)24;18-11-12-19-17-15-7-3-1-5-13(15)9-10-14-6-2-4-8-16(14)17/h1-4,7-8,10-11,21,24,27H,5-6,9,12-16,18H2;1-8,17,19H,9-12,18H2/t21-;/m0./s1. The molecule has 3 aliphatic rings. The molecule has 1 aliphatic heterocycles. The Morgan fingerprint density at radius 3 is 1.77 bits per heavy atom. The fourth-order valence-electron chi connectivity index (χ4n) is 7.85. The Kier molecular flexibility index (Phi) is 11.7. The number of nitrogens with two attached hydrogens (primary N) is 1. The molecule has 0 radical (unpaired) electrons. The van der Waals surface area contributed by atoms with Crippen LogP contribution in [0.15, 0.2) is 97.1 Å². The molecule has 4 aromatic carbocycles. The molecule has 1 atom stereocenters. The van der Waals surface area contributed by atoms with Gasteiger partial charge in [-0.3, -0.25) is 4.79 Å². The highest BCUT2D eigenvalue weighted by Gasteiger charge is 2.28. The summed E-state index contributed by atoms with van der Waals surface area (Å²) in [4.78, 5) is 14.1. The van der Waals surface area contributed by atoms with E-state index in [-0.39, 0.29) is 18.0 Å². The predicted octanol–water partition coefficient (Wildman–Crippen LogP) is 6.22. The lowest BCUT2D eigenvalue weighted by atomic mass is 9.85. The maximum atomic E-state index is 12.4. The highest BCUT2D eigenvalue weighted by Crippen LogP contribution is 2.37. The number of carbonyl (C=O) groups is 1. The number of fused-ring (bicyclic) bond motifs is 4. The summed E-state index contributed by atoms with van der Waals surface area (Å²) >= 11 is 0. The maximum Gasteiger partial charge on any atom is 0.237 e. The Hall–Kier alpha value is -4.28. The Balaban J connectivity index is 0.000000182. The third-order valence-electron chi connectivity index (χ3n) is 10.3. The molecule has 1 heterocycles. The summed E-state index contributed by atoms with van der Waals surface area (Å²) in [5.41, 5.74) is 17.2. The van der Waals surface area contributed by atoms with E-state index >= 15 is 0 Å². The van der Waals surface area contributed by atoms with Gasteiger partial charge in [-0.25, -0.2) is 0 Å². The second-order valence-corrected chi connectivity index (χ2v) is 13.2. The summed E-state index contributed by atoms with van der Waals surface area (Å²) in [6.45, 7) is 3.37. The van der Waals surface area contributed by atoms with Gasteiger partial charge in [0.25, 0.3) is 0 Å². The van der Waals surface area contributed by atoms with E-state index in [1.54, 1.807) is 4.90 Å². The maximum absolute atomic E-state index is 12.4. The van der Waals surface area contributed by atoms with E-state index in [4.69, 9.17) is 11.0 Å². The molecule has 0 saturated carbocycles. The molecule has 248 valence electrons. The molecule has 1 fully saturated rings. The van der Waals surface area contributed by atoms with Crippen LogP contribution in [0.3, 0.4) is 0 Å². The Morgan fingerprint density at radius 2 is 1.25 bits per heavy atom. The van der Waals surface area contributed by atoms with Crippen molar-refractivity contribution in [3.05, 3.63) is 142 Å². The summed E-state index contributed by atoms with van der Waals surface area (Å²) in [5, 5.41) is 16.1. The van der Waals surface area contributed by atoms with Gasteiger partial charge in [-0.15, -0.1) is 0 Å². The highest BCUT2D eigenvalue weighted by atomic mass is 16.2. The number of hydrogen-bond donors (Lipinski definition) is 3. The third kappa shape index (κ3) is 7.88. The van der Waals surface area contributed by atoms with Crippen LogP contribution in [0.25, 0.3) is 0 Å². The lowest BCUT2D eigenvalue weighted by molar-refractivity contribution is -0.130. The van der Waals surface area contributed by atoms with Crippen molar-refractivity contribution in [3.8, 4) is 6.07 Å². The second kappa shape index (κ2) is 16.7. The Bertz CT molecular complexity index is 1620. The minimum Gasteiger partial charge on any atom is -0.329 e. The predicted molar refractivity (Wildman–Crippen MR) is 194 cm³/mol. The van der Waals surface area contributed by atoms with Gasteiger partial charge in [0, 0.05) is 25.6 Å². The van der Waals surface area contributed by atoms with E-state index in [1.165, 1.54) is 44.5 Å². The van der Waals surface area contributed by atoms with Crippen molar-refractivity contribution in [1.29, 1.82) is 5.26 Å². The van der Waals surface area contributed by atoms with Gasteiger partial charge in [-0.05, 0) is 102 Å². The lowest BCUT2D eigenvalue weighted by Gasteiger charge is -2.21. The Labute approximate surface area is 286 Å². The second-order valence-electron chi connectivity index (χ2n) is 13.2. The third-order valence-corrected chi connectivity index (χ3v) is 10.3. The lowest BCUT2D eigenvalue weighted by Crippen LogP contribution is -2.40. The molecule has 0 spiro atoms. The van der Waals surface area contributed by atoms with E-state index in [0.29, 0.717) is 25.6 Å². The number of aryl methyl sites for hydroxylation is 4. The average molecular weight is 640 g/mol. The fourth-order valence-corrected chi connectivity index (χ4v) is 7.85. The van der Waals surface area contributed by atoms with Crippen molar-refractivity contribution < 1.29 is 4.79 Å². The van der Waals surface area contributed by atoms with Crippen LogP contribution >= 0.6 is 0 Å². The number of nitriles is 1. The SMILES string of the molecule is N#C[C@@H]1CCCN1C(=O)CNCCCC1c2ccccc2CCc2ccccc21.NCCNC1c2ccccc2CCc2ccccc21. The molecule has 0 unspecified atom stereocenters. The highest BCUT2D eigenvalue weighted by molar-refractivity contribution is 5.79. The number of hydrogen-bond acceptors (Lipinski definition) is 5. The zero-order chi connectivity index (χ0) is 33.1. The molecule has 2 aliphatic carbocycles. The van der Waals surface area contributed by atoms with Crippen molar-refractivity contribution in [2.45, 2.75) is 69.4 Å². The molecule has 1 saturated heterocycles. The van der Waals surface area contributed by atoms with Crippen LogP contribution in [-0.2, 0) is 30.5 Å². The van der Waals surface area contributed by atoms with Gasteiger partial charge in [-0.2, -0.15) is 5.26 Å². The molecule has 48 heavy (non-hydrogen) atoms. The molecule has 0 aromatic heterocycles. The largest absolute Gasteiger partial charge is 0.329 e. The number of nitrogens with zero attached hydrogens (tertiary/aromatic N) is 2. The fraction of sp³-hybridized carbons (Fsp3) is 0.381. The number of carbonyl (C=O) groups excluding carboxylic acids is 1. The number of benzene rings is 4. The van der Waals surface area contributed by atoms with Gasteiger partial charge in [0.2, 0.25) is 5.91 Å². The summed E-state index contributed by atoms with van der Waals surface area (Å²) in [7, 11) is 0. The monoisotopic (exact) mass is 639 g/mol. The van der Waals surface area contributed by atoms with Crippen molar-refractivity contribution in [1.82, 2.24) is 15.5 Å². The molecule has 4 aromatic rings. The van der Waals surface area contributed by atoms with Crippen molar-refractivity contribution in [2.75, 3.05) is 32.7 Å². The molecule has 1 amide bonds. The van der Waals surface area contributed by atoms with E-state index < -0.39 is 0 Å². The molecule has 6 heteroatoms. The molecular formula is C42H49N5O. The van der Waals surface area contributed by atoms with Crippen LogP contribution in [0, 0.1) is 11.3 Å². The zero-order valence-electron chi connectivity index (χ0n) is 28.0. The molecule has 7 rings (SSSR count). The van der Waals surface area contributed by atoms with Crippen LogP contribution < -0.4 is 16.4 Å². The number of likely N-dealkylation sites (tertiary alicyclic amines) is 1. The van der Waals surface area contributed by atoms with Crippen molar-refractivity contribution in [3.63, 3.8) is 0 Å². The van der Waals surface area contributed by atoms with Gasteiger partial charge in [-0.1, -0.05) is 97.1 Å². The van der Waals surface area contributed by atoms with E-state index in [1.807, 2.05) is 0 Å². The quantitative estimate of drug-likeness (QED) is 0.189. The smallest absolute Gasteiger partial charge is 0.237 e. The molecule has 0 bridgehead atoms. The topological polar surface area (TPSA) is 94.2 Å². The van der Waals surface area contributed by atoms with Crippen molar-refractivity contribution in [2.24, 2.45) is 5.73 Å². The molecule has 6 nitrogen and oxygen atoms in total. The van der Waals surface area contributed by atoms with E-state index in [9.17, 15) is 4.79 Å². The minimum absolute atomic E-state index is 0.0548. The first-order chi connectivity index (χ1) is 23.7. The van der Waals surface area contributed by atoms with Crippen LogP contribution in [0.1, 0.15) is 82.2 Å². The normalized spacial score (nSPS) is 17.0. The summed E-state index contributed by atoms with van der Waals surface area (Å²) < 4.78 is 0. The van der Waals surface area contributed by atoms with Crippen LogP contribution in [-0.4, -0.2) is 49.6 Å². The minimum atomic E-state index is -0.233. The van der Waals surface area contributed by atoms with E-state index in [2.05, 4.69) is 114 Å². The zero-order valence-corrected chi connectivity index (χ0v) is 28.0. The first kappa shape index (κ1) is 33.6. The van der Waals surface area contributed by atoms with Crippen LogP contribution in [0.5, 0.6) is 0 Å². The summed E-state index contributed by atoms with van der Waals surface area (Å²) in [6.07, 6.45) is 8.27. The van der Waals surface area contributed by atoms with Gasteiger partial charge < -0.3 is 21.3 Å². The molecular weight excluding hydrogens is 590 g/mol. The summed E-state index contributed by atoms with van der Waals surface area (Å²) in [5.74, 6) is 0.475. The van der Waals surface area contributed by atoms with Gasteiger partial charge in [0.1, 0.15) is 6.04 Å². The first-order valence-corrected chi connectivity index (χ1v) is 17.8. The first-order valence-electron chi connectivity index (χ1n) is 17.8. The van der Waals surface area contributed by atoms with E-state index in [0.717, 1.165) is 64.5 Å². The number of nitrogens with one attached hydrogen (secondary N) is 2. The van der Waals surface area contributed by atoms with Crippen LogP contribution in [0.4, 0.5) is 0 Å². The van der Waals surface area contributed by atoms with Gasteiger partial charge in [0.15, 0.2) is 0 Å². The van der Waals surface area contributed by atoms with Gasteiger partial charge >= 0.3 is 0 Å².